The number of aliphatic hydroxyl groups is 1. The molecule has 0 aliphatic heterocycles. The van der Waals surface area contributed by atoms with Crippen LogP contribution in [0.15, 0.2) is 56.9 Å². The number of halogens is 3. The number of fused-ring (bicyclic) bond motifs is 1. The zero-order valence-corrected chi connectivity index (χ0v) is 19.9. The van der Waals surface area contributed by atoms with E-state index in [1.807, 2.05) is 0 Å². The Hall–Kier alpha value is -3.38. The minimum Gasteiger partial charge on any atom is -0.388 e. The predicted octanol–water partition coefficient (Wildman–Crippen LogP) is 3.77. The summed E-state index contributed by atoms with van der Waals surface area (Å²) >= 11 is 1.35. The van der Waals surface area contributed by atoms with Crippen molar-refractivity contribution in [2.45, 2.75) is 44.1 Å². The molecule has 0 aliphatic rings. The van der Waals surface area contributed by atoms with Gasteiger partial charge in [0.1, 0.15) is 18.3 Å². The van der Waals surface area contributed by atoms with Crippen LogP contribution in [0.2, 0.25) is 0 Å². The molecule has 0 saturated carbocycles. The molecule has 4 aromatic rings. The van der Waals surface area contributed by atoms with E-state index in [1.54, 1.807) is 37.4 Å². The number of hydrogen-bond donors (Lipinski definition) is 1. The van der Waals surface area contributed by atoms with E-state index in [9.17, 15) is 27.9 Å². The van der Waals surface area contributed by atoms with Crippen molar-refractivity contribution in [1.82, 2.24) is 23.9 Å². The van der Waals surface area contributed by atoms with Gasteiger partial charge in [-0.05, 0) is 44.4 Å². The second-order valence-electron chi connectivity index (χ2n) is 7.74. The average molecular weight is 506 g/mol. The molecule has 2 heterocycles. The van der Waals surface area contributed by atoms with Crippen molar-refractivity contribution in [3.05, 3.63) is 69.1 Å². The molecular weight excluding hydrogens is 483 g/mol. The Bertz CT molecular complexity index is 1520. The van der Waals surface area contributed by atoms with E-state index in [0.29, 0.717) is 15.0 Å². The second kappa shape index (κ2) is 9.34. The van der Waals surface area contributed by atoms with Crippen LogP contribution in [0.5, 0.6) is 0 Å². The number of nitrogens with zero attached hydrogens (tertiary/aromatic N) is 5. The van der Waals surface area contributed by atoms with Crippen molar-refractivity contribution in [2.24, 2.45) is 0 Å². The molecule has 2 aromatic heterocycles. The normalized spacial score (nSPS) is 12.9. The first-order chi connectivity index (χ1) is 16.6. The van der Waals surface area contributed by atoms with Crippen molar-refractivity contribution in [3.63, 3.8) is 0 Å². The Balaban J connectivity index is 2.05. The quantitative estimate of drug-likeness (QED) is 0.401. The molecule has 4 rings (SSSR count). The summed E-state index contributed by atoms with van der Waals surface area (Å²) in [4.78, 5) is 31.4. The van der Waals surface area contributed by atoms with Crippen molar-refractivity contribution in [2.75, 3.05) is 6.26 Å². The average Bonchev–Trinajstić information content (AvgIpc) is 3.17. The fraction of sp³-hybridized carbons (Fsp3) is 0.304. The molecule has 1 N–H and O–H groups in total. The van der Waals surface area contributed by atoms with Gasteiger partial charge in [-0.1, -0.05) is 18.2 Å². The predicted molar refractivity (Wildman–Crippen MR) is 127 cm³/mol. The van der Waals surface area contributed by atoms with E-state index in [2.05, 4.69) is 10.1 Å². The van der Waals surface area contributed by atoms with Gasteiger partial charge in [-0.25, -0.2) is 9.78 Å². The third-order valence-electron chi connectivity index (χ3n) is 5.74. The third-order valence-corrected chi connectivity index (χ3v) is 6.53. The fourth-order valence-corrected chi connectivity index (χ4v) is 4.51. The zero-order chi connectivity index (χ0) is 25.5. The Kier molecular flexibility index (Phi) is 6.60. The highest BCUT2D eigenvalue weighted by Crippen LogP contribution is 2.33. The molecule has 0 spiro atoms. The van der Waals surface area contributed by atoms with Gasteiger partial charge in [-0.15, -0.1) is 16.9 Å². The van der Waals surface area contributed by atoms with Crippen LogP contribution in [0.3, 0.4) is 0 Å². The lowest BCUT2D eigenvalue weighted by Gasteiger charge is -2.22. The molecule has 0 bridgehead atoms. The summed E-state index contributed by atoms with van der Waals surface area (Å²) in [5.41, 5.74) is -0.917. The Morgan fingerprint density at radius 2 is 1.86 bits per heavy atom. The summed E-state index contributed by atoms with van der Waals surface area (Å²) in [6.07, 6.45) is -2.91. The SMILES string of the molecule is CCn1c(CO)nn(-c2ccc3nc(-c4ccccc4SC)c(=O)n(C(C)C(F)(F)F)c3c2)c1=O. The molecule has 12 heteroatoms. The monoisotopic (exact) mass is 505 g/mol. The number of hydrogen-bond acceptors (Lipinski definition) is 6. The lowest BCUT2D eigenvalue weighted by atomic mass is 10.1. The van der Waals surface area contributed by atoms with Gasteiger partial charge in [0.05, 0.1) is 16.7 Å². The molecule has 8 nitrogen and oxygen atoms in total. The lowest BCUT2D eigenvalue weighted by Crippen LogP contribution is -2.34. The highest BCUT2D eigenvalue weighted by Gasteiger charge is 2.39. The van der Waals surface area contributed by atoms with Gasteiger partial charge < -0.3 is 5.11 Å². The standard InChI is InChI=1S/C23H22F3N5O3S/c1-4-29-19(12-32)28-31(22(29)34)14-9-10-16-17(11-14)30(13(2)23(24,25)26)21(33)20(27-16)15-7-5-6-8-18(15)35-3/h5-11,13,32H,4,12H2,1-3H3. The van der Waals surface area contributed by atoms with E-state index in [4.69, 9.17) is 0 Å². The van der Waals surface area contributed by atoms with Crippen LogP contribution in [0.1, 0.15) is 25.7 Å². The van der Waals surface area contributed by atoms with Crippen molar-refractivity contribution in [1.29, 1.82) is 0 Å². The molecule has 0 amide bonds. The van der Waals surface area contributed by atoms with Gasteiger partial charge in [-0.3, -0.25) is 13.9 Å². The molecular formula is C23H22F3N5O3S. The van der Waals surface area contributed by atoms with Crippen LogP contribution in [-0.4, -0.2) is 41.4 Å². The summed E-state index contributed by atoms with van der Waals surface area (Å²) in [5, 5.41) is 13.6. The minimum atomic E-state index is -4.71. The maximum atomic E-state index is 13.9. The summed E-state index contributed by atoms with van der Waals surface area (Å²) in [6, 6.07) is 8.93. The van der Waals surface area contributed by atoms with Gasteiger partial charge in [0.25, 0.3) is 5.56 Å². The van der Waals surface area contributed by atoms with Crippen LogP contribution in [-0.2, 0) is 13.2 Å². The number of benzene rings is 2. The molecule has 0 fully saturated rings. The van der Waals surface area contributed by atoms with E-state index in [-0.39, 0.29) is 34.8 Å². The second-order valence-corrected chi connectivity index (χ2v) is 8.59. The minimum absolute atomic E-state index is 0.0915. The van der Waals surface area contributed by atoms with Crippen LogP contribution in [0.25, 0.3) is 28.0 Å². The van der Waals surface area contributed by atoms with Crippen LogP contribution < -0.4 is 11.2 Å². The highest BCUT2D eigenvalue weighted by atomic mass is 32.2. The van der Waals surface area contributed by atoms with Crippen LogP contribution >= 0.6 is 11.8 Å². The van der Waals surface area contributed by atoms with Gasteiger partial charge in [0, 0.05) is 17.0 Å². The largest absolute Gasteiger partial charge is 0.408 e. The molecule has 0 radical (unpaired) electrons. The summed E-state index contributed by atoms with van der Waals surface area (Å²) in [7, 11) is 0. The van der Waals surface area contributed by atoms with Gasteiger partial charge in [0.15, 0.2) is 5.82 Å². The number of aromatic nitrogens is 5. The molecule has 0 saturated heterocycles. The Labute approximate surface area is 201 Å². The lowest BCUT2D eigenvalue weighted by molar-refractivity contribution is -0.162. The molecule has 35 heavy (non-hydrogen) atoms. The number of rotatable bonds is 6. The maximum Gasteiger partial charge on any atom is 0.408 e. The zero-order valence-electron chi connectivity index (χ0n) is 19.1. The molecule has 0 aliphatic carbocycles. The van der Waals surface area contributed by atoms with Crippen molar-refractivity contribution < 1.29 is 18.3 Å². The topological polar surface area (TPSA) is 94.9 Å². The number of aliphatic hydroxyl groups excluding tert-OH is 1. The number of alkyl halides is 3. The Morgan fingerprint density at radius 3 is 2.46 bits per heavy atom. The smallest absolute Gasteiger partial charge is 0.388 e. The van der Waals surface area contributed by atoms with Crippen molar-refractivity contribution in [3.8, 4) is 16.9 Å². The van der Waals surface area contributed by atoms with Gasteiger partial charge in [-0.2, -0.15) is 17.9 Å². The summed E-state index contributed by atoms with van der Waals surface area (Å²) < 4.78 is 44.5. The van der Waals surface area contributed by atoms with Crippen LogP contribution in [0, 0.1) is 0 Å². The van der Waals surface area contributed by atoms with E-state index in [1.165, 1.54) is 34.5 Å². The third kappa shape index (κ3) is 4.27. The molecule has 184 valence electrons. The molecule has 1 atom stereocenters. The van der Waals surface area contributed by atoms with Gasteiger partial charge in [0.2, 0.25) is 0 Å². The van der Waals surface area contributed by atoms with Crippen molar-refractivity contribution >= 4 is 22.8 Å². The number of thioether (sulfide) groups is 1. The molecule has 2 aromatic carbocycles. The van der Waals surface area contributed by atoms with Gasteiger partial charge >= 0.3 is 11.9 Å². The summed E-state index contributed by atoms with van der Waals surface area (Å²) in [6.45, 7) is 2.37. The van der Waals surface area contributed by atoms with Crippen LogP contribution in [0.4, 0.5) is 13.2 Å². The van der Waals surface area contributed by atoms with E-state index < -0.39 is 30.1 Å². The molecule has 1 unspecified atom stereocenters. The first-order valence-electron chi connectivity index (χ1n) is 10.7. The first kappa shape index (κ1) is 24.7. The fourth-order valence-electron chi connectivity index (χ4n) is 3.91. The maximum absolute atomic E-state index is 13.9. The summed E-state index contributed by atoms with van der Waals surface area (Å²) in [5.74, 6) is 0.112. The highest BCUT2D eigenvalue weighted by molar-refractivity contribution is 7.98. The van der Waals surface area contributed by atoms with E-state index in [0.717, 1.165) is 11.6 Å². The Morgan fingerprint density at radius 1 is 1.14 bits per heavy atom. The first-order valence-corrected chi connectivity index (χ1v) is 11.9. The van der Waals surface area contributed by atoms with E-state index >= 15 is 0 Å².